The largest absolute Gasteiger partial charge is 0.496 e. The molecular formula is C20H28IN5O2. The monoisotopic (exact) mass is 497 g/mol. The highest BCUT2D eigenvalue weighted by atomic mass is 127. The van der Waals surface area contributed by atoms with Gasteiger partial charge in [-0.15, -0.1) is 24.0 Å². The molecule has 0 aliphatic carbocycles. The molecule has 0 spiro atoms. The number of nitrogens with zero attached hydrogens (tertiary/aromatic N) is 2. The smallest absolute Gasteiger partial charge is 0.252 e. The molecule has 1 aromatic carbocycles. The molecule has 28 heavy (non-hydrogen) atoms. The van der Waals surface area contributed by atoms with E-state index in [0.29, 0.717) is 24.6 Å². The van der Waals surface area contributed by atoms with Crippen LogP contribution in [0.1, 0.15) is 21.5 Å². The number of rotatable bonds is 8. The average molecular weight is 497 g/mol. The standard InChI is InChI=1S/C20H27N5O2.HI/c1-15-6-7-18(27-3)16(13-15)8-10-24-20(21-2)25-12-11-23-19(26)17-5-4-9-22-14-17;/h4-7,9,13-14H,8,10-12H2,1-3H3,(H,23,26)(H2,21,24,25);1H. The van der Waals surface area contributed by atoms with Crippen molar-refractivity contribution in [2.24, 2.45) is 4.99 Å². The van der Waals surface area contributed by atoms with Crippen LogP contribution in [-0.2, 0) is 6.42 Å². The van der Waals surface area contributed by atoms with Crippen LogP contribution in [0.25, 0.3) is 0 Å². The Hall–Kier alpha value is -2.36. The predicted octanol–water partition coefficient (Wildman–Crippen LogP) is 2.15. The van der Waals surface area contributed by atoms with Crippen molar-refractivity contribution in [2.45, 2.75) is 13.3 Å². The molecule has 8 heteroatoms. The highest BCUT2D eigenvalue weighted by Gasteiger charge is 2.05. The Morgan fingerprint density at radius 1 is 1.14 bits per heavy atom. The molecule has 0 bridgehead atoms. The number of carbonyl (C=O) groups is 1. The van der Waals surface area contributed by atoms with Crippen molar-refractivity contribution in [2.75, 3.05) is 33.8 Å². The number of methoxy groups -OCH3 is 1. The van der Waals surface area contributed by atoms with Gasteiger partial charge in [-0.1, -0.05) is 17.7 Å². The van der Waals surface area contributed by atoms with Gasteiger partial charge in [0.05, 0.1) is 12.7 Å². The third-order valence-electron chi connectivity index (χ3n) is 3.97. The first kappa shape index (κ1) is 23.7. The lowest BCUT2D eigenvalue weighted by atomic mass is 10.1. The first-order valence-electron chi connectivity index (χ1n) is 8.90. The Bertz CT molecular complexity index is 768. The molecule has 2 rings (SSSR count). The Morgan fingerprint density at radius 2 is 1.89 bits per heavy atom. The minimum atomic E-state index is -0.139. The molecule has 0 atom stereocenters. The van der Waals surface area contributed by atoms with Crippen molar-refractivity contribution < 1.29 is 9.53 Å². The molecule has 0 aliphatic rings. The zero-order valence-electron chi connectivity index (χ0n) is 16.5. The molecule has 0 fully saturated rings. The van der Waals surface area contributed by atoms with Crippen LogP contribution in [0.15, 0.2) is 47.7 Å². The summed E-state index contributed by atoms with van der Waals surface area (Å²) < 4.78 is 5.40. The topological polar surface area (TPSA) is 87.6 Å². The van der Waals surface area contributed by atoms with Crippen LogP contribution >= 0.6 is 24.0 Å². The fraction of sp³-hybridized carbons (Fsp3) is 0.350. The number of aryl methyl sites for hydroxylation is 1. The van der Waals surface area contributed by atoms with Crippen LogP contribution in [0.4, 0.5) is 0 Å². The number of hydrogen-bond donors (Lipinski definition) is 3. The molecular weight excluding hydrogens is 469 g/mol. The second-order valence-corrected chi connectivity index (χ2v) is 5.99. The van der Waals surface area contributed by atoms with Gasteiger partial charge in [-0.2, -0.15) is 0 Å². The van der Waals surface area contributed by atoms with Gasteiger partial charge in [0, 0.05) is 39.1 Å². The number of amides is 1. The molecule has 1 amide bonds. The molecule has 152 valence electrons. The number of benzene rings is 1. The number of ether oxygens (including phenoxy) is 1. The Balaban J connectivity index is 0.00000392. The van der Waals surface area contributed by atoms with Crippen LogP contribution in [0.3, 0.4) is 0 Å². The van der Waals surface area contributed by atoms with Gasteiger partial charge in [-0.05, 0) is 37.1 Å². The summed E-state index contributed by atoms with van der Waals surface area (Å²) in [7, 11) is 3.40. The van der Waals surface area contributed by atoms with E-state index in [2.05, 4.69) is 38.9 Å². The number of hydrogen-bond acceptors (Lipinski definition) is 4. The lowest BCUT2D eigenvalue weighted by molar-refractivity contribution is 0.0954. The van der Waals surface area contributed by atoms with Crippen molar-refractivity contribution in [3.8, 4) is 5.75 Å². The summed E-state index contributed by atoms with van der Waals surface area (Å²) in [5, 5.41) is 9.29. The summed E-state index contributed by atoms with van der Waals surface area (Å²) in [6, 6.07) is 9.63. The first-order chi connectivity index (χ1) is 13.1. The summed E-state index contributed by atoms with van der Waals surface area (Å²) >= 11 is 0. The van der Waals surface area contributed by atoms with E-state index in [-0.39, 0.29) is 29.9 Å². The number of nitrogens with one attached hydrogen (secondary N) is 3. The fourth-order valence-electron chi connectivity index (χ4n) is 2.59. The van der Waals surface area contributed by atoms with Crippen LogP contribution < -0.4 is 20.7 Å². The normalized spacial score (nSPS) is 10.6. The molecule has 0 unspecified atom stereocenters. The summed E-state index contributed by atoms with van der Waals surface area (Å²) in [5.41, 5.74) is 2.91. The molecule has 0 radical (unpaired) electrons. The molecule has 7 nitrogen and oxygen atoms in total. The predicted molar refractivity (Wildman–Crippen MR) is 123 cm³/mol. The zero-order chi connectivity index (χ0) is 19.5. The molecule has 1 aromatic heterocycles. The van der Waals surface area contributed by atoms with Gasteiger partial charge >= 0.3 is 0 Å². The van der Waals surface area contributed by atoms with Gasteiger partial charge in [-0.25, -0.2) is 0 Å². The molecule has 0 saturated carbocycles. The maximum absolute atomic E-state index is 11.9. The number of aliphatic imine (C=N–C) groups is 1. The van der Waals surface area contributed by atoms with E-state index in [0.717, 1.165) is 24.3 Å². The first-order valence-corrected chi connectivity index (χ1v) is 8.90. The van der Waals surface area contributed by atoms with Crippen molar-refractivity contribution in [3.05, 3.63) is 59.4 Å². The number of pyridine rings is 1. The molecule has 2 aromatic rings. The maximum Gasteiger partial charge on any atom is 0.252 e. The summed E-state index contributed by atoms with van der Waals surface area (Å²) in [6.45, 7) is 3.84. The Labute approximate surface area is 183 Å². The highest BCUT2D eigenvalue weighted by Crippen LogP contribution is 2.19. The van der Waals surface area contributed by atoms with Crippen molar-refractivity contribution in [1.82, 2.24) is 20.9 Å². The average Bonchev–Trinajstić information content (AvgIpc) is 2.70. The lowest BCUT2D eigenvalue weighted by Crippen LogP contribution is -2.42. The Kier molecular flexibility index (Phi) is 10.9. The van der Waals surface area contributed by atoms with Gasteiger partial charge in [-0.3, -0.25) is 14.8 Å². The fourth-order valence-corrected chi connectivity index (χ4v) is 2.59. The number of halogens is 1. The number of guanidine groups is 1. The highest BCUT2D eigenvalue weighted by molar-refractivity contribution is 14.0. The van der Waals surface area contributed by atoms with Crippen molar-refractivity contribution in [3.63, 3.8) is 0 Å². The zero-order valence-corrected chi connectivity index (χ0v) is 18.8. The van der Waals surface area contributed by atoms with Gasteiger partial charge in [0.2, 0.25) is 0 Å². The van der Waals surface area contributed by atoms with E-state index in [4.69, 9.17) is 4.74 Å². The maximum atomic E-state index is 11.9. The molecule has 3 N–H and O–H groups in total. The van der Waals surface area contributed by atoms with E-state index < -0.39 is 0 Å². The van der Waals surface area contributed by atoms with Crippen LogP contribution in [0.5, 0.6) is 5.75 Å². The quantitative estimate of drug-likeness (QED) is 0.225. The van der Waals surface area contributed by atoms with Gasteiger partial charge < -0.3 is 20.7 Å². The van der Waals surface area contributed by atoms with Gasteiger partial charge in [0.1, 0.15) is 5.75 Å². The summed E-state index contributed by atoms with van der Waals surface area (Å²) in [4.78, 5) is 20.1. The van der Waals surface area contributed by atoms with Gasteiger partial charge in [0.15, 0.2) is 5.96 Å². The lowest BCUT2D eigenvalue weighted by Gasteiger charge is -2.14. The van der Waals surface area contributed by atoms with E-state index in [9.17, 15) is 4.79 Å². The van der Waals surface area contributed by atoms with E-state index >= 15 is 0 Å². The molecule has 0 aliphatic heterocycles. The van der Waals surface area contributed by atoms with Crippen LogP contribution in [0.2, 0.25) is 0 Å². The van der Waals surface area contributed by atoms with Crippen LogP contribution in [0, 0.1) is 6.92 Å². The van der Waals surface area contributed by atoms with Crippen LogP contribution in [-0.4, -0.2) is 50.6 Å². The minimum absolute atomic E-state index is 0. The van der Waals surface area contributed by atoms with E-state index in [1.165, 1.54) is 5.56 Å². The third-order valence-corrected chi connectivity index (χ3v) is 3.97. The number of carbonyl (C=O) groups excluding carboxylic acids is 1. The summed E-state index contributed by atoms with van der Waals surface area (Å²) in [6.07, 6.45) is 4.01. The second-order valence-electron chi connectivity index (χ2n) is 5.99. The minimum Gasteiger partial charge on any atom is -0.496 e. The third kappa shape index (κ3) is 7.71. The van der Waals surface area contributed by atoms with Crippen molar-refractivity contribution >= 4 is 35.8 Å². The van der Waals surface area contributed by atoms with E-state index in [1.54, 1.807) is 38.7 Å². The molecule has 1 heterocycles. The second kappa shape index (κ2) is 12.9. The number of aromatic nitrogens is 1. The van der Waals surface area contributed by atoms with Gasteiger partial charge in [0.25, 0.3) is 5.91 Å². The molecule has 0 saturated heterocycles. The SMILES string of the molecule is CN=C(NCCNC(=O)c1cccnc1)NCCc1cc(C)ccc1OC.I. The Morgan fingerprint density at radius 3 is 2.57 bits per heavy atom. The van der Waals surface area contributed by atoms with E-state index in [1.807, 2.05) is 12.1 Å². The summed E-state index contributed by atoms with van der Waals surface area (Å²) in [5.74, 6) is 1.44. The van der Waals surface area contributed by atoms with Crippen molar-refractivity contribution in [1.29, 1.82) is 0 Å².